The molecule has 0 aliphatic carbocycles. The minimum absolute atomic E-state index is 0.158. The predicted molar refractivity (Wildman–Crippen MR) is 51.0 cm³/mol. The summed E-state index contributed by atoms with van der Waals surface area (Å²) in [6.07, 6.45) is -2.26. The Morgan fingerprint density at radius 1 is 1.29 bits per heavy atom. The van der Waals surface area contributed by atoms with E-state index in [-0.39, 0.29) is 6.54 Å². The normalized spacial score (nSPS) is 16.2. The lowest BCUT2D eigenvalue weighted by Gasteiger charge is -2.12. The maximum atomic E-state index is 12.1. The third-order valence-corrected chi connectivity index (χ3v) is 2.41. The molecule has 1 heterocycles. The maximum absolute atomic E-state index is 12.1. The zero-order chi connectivity index (χ0) is 10.1. The Balaban J connectivity index is 2.10. The summed E-state index contributed by atoms with van der Waals surface area (Å²) in [5.41, 5.74) is 8.49. The highest BCUT2D eigenvalue weighted by Gasteiger charge is 2.21. The molecule has 0 amide bonds. The first-order valence-electron chi connectivity index (χ1n) is 4.53. The molecule has 0 atom stereocenters. The van der Waals surface area contributed by atoms with Crippen molar-refractivity contribution in [3.05, 3.63) is 29.3 Å². The molecule has 0 radical (unpaired) electrons. The molecule has 0 fully saturated rings. The number of nitrogen functional groups attached to an aromatic ring is 1. The fourth-order valence-electron chi connectivity index (χ4n) is 1.81. The number of nitrogens with zero attached hydrogens (tertiary/aromatic N) is 1. The molecule has 0 saturated heterocycles. The fraction of sp³-hybridized carbons (Fsp3) is 0.400. The van der Waals surface area contributed by atoms with Crippen molar-refractivity contribution in [2.45, 2.75) is 19.5 Å². The Morgan fingerprint density at radius 3 is 2.71 bits per heavy atom. The van der Waals surface area contributed by atoms with E-state index in [1.165, 1.54) is 0 Å². The summed E-state index contributed by atoms with van der Waals surface area (Å²) in [4.78, 5) is 1.73. The van der Waals surface area contributed by atoms with Gasteiger partial charge in [0, 0.05) is 18.8 Å². The minimum Gasteiger partial charge on any atom is -0.399 e. The third kappa shape index (κ3) is 1.85. The number of rotatable bonds is 2. The lowest BCUT2D eigenvalue weighted by atomic mass is 10.1. The smallest absolute Gasteiger partial charge is 0.251 e. The zero-order valence-corrected chi connectivity index (χ0v) is 7.71. The Labute approximate surface area is 81.3 Å². The number of benzene rings is 1. The van der Waals surface area contributed by atoms with Gasteiger partial charge in [-0.15, -0.1) is 0 Å². The number of hydrogen-bond acceptors (Lipinski definition) is 2. The van der Waals surface area contributed by atoms with E-state index < -0.39 is 6.43 Å². The molecule has 0 saturated carbocycles. The summed E-state index contributed by atoms with van der Waals surface area (Å²) in [5.74, 6) is 0. The molecule has 4 heteroatoms. The minimum atomic E-state index is -2.26. The number of hydrogen-bond donors (Lipinski definition) is 1. The molecule has 0 aromatic heterocycles. The SMILES string of the molecule is Nc1ccc2c(c1)CN(CC(F)F)C2. The molecule has 0 spiro atoms. The van der Waals surface area contributed by atoms with Crippen LogP contribution in [0.1, 0.15) is 11.1 Å². The summed E-state index contributed by atoms with van der Waals surface area (Å²) in [6.45, 7) is 1.04. The first-order valence-corrected chi connectivity index (χ1v) is 4.53. The van der Waals surface area contributed by atoms with E-state index >= 15 is 0 Å². The first kappa shape index (κ1) is 9.40. The second-order valence-corrected chi connectivity index (χ2v) is 3.59. The summed E-state index contributed by atoms with van der Waals surface area (Å²) < 4.78 is 24.2. The van der Waals surface area contributed by atoms with Crippen LogP contribution in [0.5, 0.6) is 0 Å². The van der Waals surface area contributed by atoms with Gasteiger partial charge in [0.15, 0.2) is 0 Å². The molecule has 0 bridgehead atoms. The number of alkyl halides is 2. The number of anilines is 1. The van der Waals surface area contributed by atoms with Crippen LogP contribution in [0.4, 0.5) is 14.5 Å². The molecular formula is C10H12F2N2. The van der Waals surface area contributed by atoms with Gasteiger partial charge in [-0.2, -0.15) is 0 Å². The molecule has 0 unspecified atom stereocenters. The van der Waals surface area contributed by atoms with Crippen molar-refractivity contribution in [1.29, 1.82) is 0 Å². The van der Waals surface area contributed by atoms with Crippen molar-refractivity contribution >= 4 is 5.69 Å². The molecule has 14 heavy (non-hydrogen) atoms. The van der Waals surface area contributed by atoms with Crippen molar-refractivity contribution in [2.24, 2.45) is 0 Å². The predicted octanol–water partition coefficient (Wildman–Crippen LogP) is 1.85. The van der Waals surface area contributed by atoms with E-state index in [9.17, 15) is 8.78 Å². The van der Waals surface area contributed by atoms with Crippen LogP contribution in [0.3, 0.4) is 0 Å². The average Bonchev–Trinajstić information content (AvgIpc) is 2.44. The topological polar surface area (TPSA) is 29.3 Å². The van der Waals surface area contributed by atoms with E-state index in [4.69, 9.17) is 5.73 Å². The van der Waals surface area contributed by atoms with Gasteiger partial charge >= 0.3 is 0 Å². The highest BCUT2D eigenvalue weighted by Crippen LogP contribution is 2.24. The van der Waals surface area contributed by atoms with Gasteiger partial charge in [-0.3, -0.25) is 4.90 Å². The van der Waals surface area contributed by atoms with Crippen molar-refractivity contribution < 1.29 is 8.78 Å². The third-order valence-electron chi connectivity index (χ3n) is 2.41. The van der Waals surface area contributed by atoms with Crippen molar-refractivity contribution in [1.82, 2.24) is 4.90 Å². The summed E-state index contributed by atoms with van der Waals surface area (Å²) >= 11 is 0. The standard InChI is InChI=1S/C10H12F2N2/c11-10(12)6-14-4-7-1-2-9(13)3-8(7)5-14/h1-3,10H,4-6,13H2. The van der Waals surface area contributed by atoms with Crippen LogP contribution in [0.2, 0.25) is 0 Å². The fourth-order valence-corrected chi connectivity index (χ4v) is 1.81. The molecule has 1 aliphatic heterocycles. The monoisotopic (exact) mass is 198 g/mol. The van der Waals surface area contributed by atoms with Gasteiger partial charge in [-0.25, -0.2) is 8.78 Å². The number of nitrogens with two attached hydrogens (primary N) is 1. The lowest BCUT2D eigenvalue weighted by molar-refractivity contribution is 0.0873. The summed E-state index contributed by atoms with van der Waals surface area (Å²) in [6, 6.07) is 5.58. The van der Waals surface area contributed by atoms with E-state index in [1.54, 1.807) is 4.90 Å². The van der Waals surface area contributed by atoms with Gasteiger partial charge in [0.1, 0.15) is 0 Å². The molecule has 2 N–H and O–H groups in total. The average molecular weight is 198 g/mol. The highest BCUT2D eigenvalue weighted by atomic mass is 19.3. The second-order valence-electron chi connectivity index (χ2n) is 3.59. The van der Waals surface area contributed by atoms with Gasteiger partial charge < -0.3 is 5.73 Å². The Bertz CT molecular complexity index is 339. The van der Waals surface area contributed by atoms with Crippen LogP contribution in [-0.4, -0.2) is 17.9 Å². The summed E-state index contributed by atoms with van der Waals surface area (Å²) in [7, 11) is 0. The van der Waals surface area contributed by atoms with Gasteiger partial charge in [-0.1, -0.05) is 6.07 Å². The molecule has 2 nitrogen and oxygen atoms in total. The van der Waals surface area contributed by atoms with Gasteiger partial charge in [0.25, 0.3) is 6.43 Å². The second kappa shape index (κ2) is 3.53. The van der Waals surface area contributed by atoms with Crippen LogP contribution in [0.15, 0.2) is 18.2 Å². The first-order chi connectivity index (χ1) is 6.65. The number of fused-ring (bicyclic) bond motifs is 1. The van der Waals surface area contributed by atoms with E-state index in [0.717, 1.165) is 11.1 Å². The van der Waals surface area contributed by atoms with Crippen molar-refractivity contribution in [2.75, 3.05) is 12.3 Å². The Hall–Kier alpha value is -1.16. The van der Waals surface area contributed by atoms with Gasteiger partial charge in [0.2, 0.25) is 0 Å². The van der Waals surface area contributed by atoms with Crippen LogP contribution in [0, 0.1) is 0 Å². The molecule has 1 aromatic rings. The molecule has 1 aromatic carbocycles. The van der Waals surface area contributed by atoms with Crippen LogP contribution in [-0.2, 0) is 13.1 Å². The van der Waals surface area contributed by atoms with Crippen molar-refractivity contribution in [3.8, 4) is 0 Å². The van der Waals surface area contributed by atoms with E-state index in [1.807, 2.05) is 18.2 Å². The Kier molecular flexibility index (Phi) is 2.37. The largest absolute Gasteiger partial charge is 0.399 e. The van der Waals surface area contributed by atoms with Crippen LogP contribution >= 0.6 is 0 Å². The van der Waals surface area contributed by atoms with E-state index in [0.29, 0.717) is 18.8 Å². The van der Waals surface area contributed by atoms with Gasteiger partial charge in [0.05, 0.1) is 6.54 Å². The maximum Gasteiger partial charge on any atom is 0.251 e. The highest BCUT2D eigenvalue weighted by molar-refractivity contribution is 5.46. The lowest BCUT2D eigenvalue weighted by Crippen LogP contribution is -2.22. The van der Waals surface area contributed by atoms with Crippen LogP contribution in [0.25, 0.3) is 0 Å². The van der Waals surface area contributed by atoms with Crippen LogP contribution < -0.4 is 5.73 Å². The number of halogens is 2. The quantitative estimate of drug-likeness (QED) is 0.735. The molecule has 76 valence electrons. The van der Waals surface area contributed by atoms with Gasteiger partial charge in [-0.05, 0) is 23.3 Å². The zero-order valence-electron chi connectivity index (χ0n) is 7.71. The molecule has 2 rings (SSSR count). The molecular weight excluding hydrogens is 186 g/mol. The van der Waals surface area contributed by atoms with E-state index in [2.05, 4.69) is 0 Å². The van der Waals surface area contributed by atoms with Crippen molar-refractivity contribution in [3.63, 3.8) is 0 Å². The summed E-state index contributed by atoms with van der Waals surface area (Å²) in [5, 5.41) is 0. The molecule has 1 aliphatic rings. The Morgan fingerprint density at radius 2 is 2.00 bits per heavy atom.